The standard InChI is InChI=1S/C9H14N2O2S/c12-8-2-1-7-5-10(9(13)6-14)3-4-11(7)8/h7,14H,1-6H2. The first-order valence-corrected chi connectivity index (χ1v) is 5.53. The maximum atomic E-state index is 11.4. The maximum Gasteiger partial charge on any atom is 0.232 e. The van der Waals surface area contributed by atoms with Crippen LogP contribution in [0.15, 0.2) is 0 Å². The normalized spacial score (nSPS) is 26.6. The van der Waals surface area contributed by atoms with Crippen molar-refractivity contribution >= 4 is 24.4 Å². The molecule has 0 bridgehead atoms. The lowest BCUT2D eigenvalue weighted by Gasteiger charge is -2.37. The predicted octanol–water partition coefficient (Wildman–Crippen LogP) is -0.251. The lowest BCUT2D eigenvalue weighted by Crippen LogP contribution is -2.53. The van der Waals surface area contributed by atoms with E-state index in [2.05, 4.69) is 12.6 Å². The van der Waals surface area contributed by atoms with Crippen LogP contribution in [0.25, 0.3) is 0 Å². The summed E-state index contributed by atoms with van der Waals surface area (Å²) >= 11 is 3.97. The van der Waals surface area contributed by atoms with Gasteiger partial charge in [-0.25, -0.2) is 0 Å². The van der Waals surface area contributed by atoms with E-state index in [0.717, 1.165) is 6.42 Å². The Morgan fingerprint density at radius 2 is 2.29 bits per heavy atom. The monoisotopic (exact) mass is 214 g/mol. The summed E-state index contributed by atoms with van der Waals surface area (Å²) in [6.07, 6.45) is 1.54. The highest BCUT2D eigenvalue weighted by atomic mass is 32.1. The quantitative estimate of drug-likeness (QED) is 0.611. The highest BCUT2D eigenvalue weighted by molar-refractivity contribution is 7.81. The molecule has 1 atom stereocenters. The number of hydrogen-bond acceptors (Lipinski definition) is 3. The molecule has 2 rings (SSSR count). The number of thiol groups is 1. The fraction of sp³-hybridized carbons (Fsp3) is 0.778. The summed E-state index contributed by atoms with van der Waals surface area (Å²) in [4.78, 5) is 26.5. The van der Waals surface area contributed by atoms with Crippen molar-refractivity contribution in [3.8, 4) is 0 Å². The highest BCUT2D eigenvalue weighted by Crippen LogP contribution is 2.22. The van der Waals surface area contributed by atoms with Crippen molar-refractivity contribution in [2.75, 3.05) is 25.4 Å². The molecule has 2 saturated heterocycles. The predicted molar refractivity (Wildman–Crippen MR) is 55.2 cm³/mol. The summed E-state index contributed by atoms with van der Waals surface area (Å²) in [5.74, 6) is 0.584. The Kier molecular flexibility index (Phi) is 2.67. The molecule has 4 nitrogen and oxygen atoms in total. The third kappa shape index (κ3) is 1.61. The van der Waals surface area contributed by atoms with Crippen LogP contribution < -0.4 is 0 Å². The molecule has 0 saturated carbocycles. The first-order chi connectivity index (χ1) is 6.72. The highest BCUT2D eigenvalue weighted by Gasteiger charge is 2.36. The lowest BCUT2D eigenvalue weighted by atomic mass is 10.1. The fourth-order valence-corrected chi connectivity index (χ4v) is 2.39. The molecule has 0 aromatic heterocycles. The second-order valence-electron chi connectivity index (χ2n) is 3.78. The SMILES string of the molecule is O=C(CS)N1CCN2C(=O)CCC2C1. The first-order valence-electron chi connectivity index (χ1n) is 4.90. The van der Waals surface area contributed by atoms with Gasteiger partial charge in [-0.3, -0.25) is 9.59 Å². The number of fused-ring (bicyclic) bond motifs is 1. The summed E-state index contributed by atoms with van der Waals surface area (Å²) in [6, 6.07) is 0.264. The van der Waals surface area contributed by atoms with E-state index in [-0.39, 0.29) is 23.6 Å². The Labute approximate surface area is 88.6 Å². The molecular weight excluding hydrogens is 200 g/mol. The van der Waals surface area contributed by atoms with Crippen molar-refractivity contribution in [3.63, 3.8) is 0 Å². The molecule has 2 fully saturated rings. The molecule has 0 radical (unpaired) electrons. The summed E-state index contributed by atoms with van der Waals surface area (Å²) in [7, 11) is 0. The van der Waals surface area contributed by atoms with Gasteiger partial charge in [-0.1, -0.05) is 0 Å². The molecule has 0 spiro atoms. The largest absolute Gasteiger partial charge is 0.338 e. The summed E-state index contributed by atoms with van der Waals surface area (Å²) in [5.41, 5.74) is 0. The number of piperazine rings is 1. The topological polar surface area (TPSA) is 40.6 Å². The van der Waals surface area contributed by atoms with E-state index in [1.807, 2.05) is 9.80 Å². The van der Waals surface area contributed by atoms with Crippen molar-refractivity contribution in [1.82, 2.24) is 9.80 Å². The molecule has 0 aromatic rings. The Hall–Kier alpha value is -0.710. The number of hydrogen-bond donors (Lipinski definition) is 1. The summed E-state index contributed by atoms with van der Waals surface area (Å²) in [5, 5.41) is 0. The van der Waals surface area contributed by atoms with Crippen molar-refractivity contribution in [1.29, 1.82) is 0 Å². The summed E-state index contributed by atoms with van der Waals surface area (Å²) in [6.45, 7) is 2.07. The minimum absolute atomic E-state index is 0.0762. The Morgan fingerprint density at radius 3 is 3.00 bits per heavy atom. The number of carbonyl (C=O) groups is 2. The van der Waals surface area contributed by atoms with Gasteiger partial charge in [0.15, 0.2) is 0 Å². The van der Waals surface area contributed by atoms with Gasteiger partial charge in [-0.2, -0.15) is 12.6 Å². The molecule has 0 N–H and O–H groups in total. The van der Waals surface area contributed by atoms with Crippen molar-refractivity contribution in [2.24, 2.45) is 0 Å². The molecule has 0 aliphatic carbocycles. The van der Waals surface area contributed by atoms with Gasteiger partial charge in [0, 0.05) is 32.1 Å². The fourth-order valence-electron chi connectivity index (χ4n) is 2.19. The minimum atomic E-state index is 0.0762. The smallest absolute Gasteiger partial charge is 0.232 e. The van der Waals surface area contributed by atoms with Gasteiger partial charge >= 0.3 is 0 Å². The molecule has 0 aromatic carbocycles. The zero-order valence-electron chi connectivity index (χ0n) is 7.98. The van der Waals surface area contributed by atoms with E-state index in [9.17, 15) is 9.59 Å². The maximum absolute atomic E-state index is 11.4. The Balaban J connectivity index is 1.99. The zero-order chi connectivity index (χ0) is 10.1. The molecule has 14 heavy (non-hydrogen) atoms. The minimum Gasteiger partial charge on any atom is -0.338 e. The zero-order valence-corrected chi connectivity index (χ0v) is 8.87. The van der Waals surface area contributed by atoms with Gasteiger partial charge in [0.1, 0.15) is 0 Å². The third-order valence-corrected chi connectivity index (χ3v) is 3.25. The van der Waals surface area contributed by atoms with Crippen LogP contribution in [-0.4, -0.2) is 53.0 Å². The summed E-state index contributed by atoms with van der Waals surface area (Å²) < 4.78 is 0. The first kappa shape index (κ1) is 9.83. The molecule has 78 valence electrons. The van der Waals surface area contributed by atoms with Crippen LogP contribution in [0.5, 0.6) is 0 Å². The van der Waals surface area contributed by atoms with E-state index in [4.69, 9.17) is 0 Å². The lowest BCUT2D eigenvalue weighted by molar-refractivity contribution is -0.137. The van der Waals surface area contributed by atoms with Crippen LogP contribution in [0.1, 0.15) is 12.8 Å². The van der Waals surface area contributed by atoms with Crippen LogP contribution >= 0.6 is 12.6 Å². The molecule has 2 aliphatic heterocycles. The molecule has 2 heterocycles. The molecular formula is C9H14N2O2S. The van der Waals surface area contributed by atoms with Gasteiger partial charge in [0.05, 0.1) is 5.75 Å². The van der Waals surface area contributed by atoms with Gasteiger partial charge in [-0.15, -0.1) is 0 Å². The molecule has 2 amide bonds. The molecule has 5 heteroatoms. The van der Waals surface area contributed by atoms with Crippen LogP contribution in [0.4, 0.5) is 0 Å². The number of rotatable bonds is 1. The van der Waals surface area contributed by atoms with E-state index in [1.165, 1.54) is 0 Å². The van der Waals surface area contributed by atoms with Crippen LogP contribution in [0.2, 0.25) is 0 Å². The van der Waals surface area contributed by atoms with Gasteiger partial charge < -0.3 is 9.80 Å². The van der Waals surface area contributed by atoms with Gasteiger partial charge in [-0.05, 0) is 6.42 Å². The average molecular weight is 214 g/mol. The molecule has 2 aliphatic rings. The Bertz CT molecular complexity index is 270. The van der Waals surface area contributed by atoms with E-state index >= 15 is 0 Å². The van der Waals surface area contributed by atoms with Crippen molar-refractivity contribution in [2.45, 2.75) is 18.9 Å². The van der Waals surface area contributed by atoms with Crippen LogP contribution in [-0.2, 0) is 9.59 Å². The Morgan fingerprint density at radius 1 is 1.50 bits per heavy atom. The average Bonchev–Trinajstić information content (AvgIpc) is 2.59. The number of carbonyl (C=O) groups excluding carboxylic acids is 2. The number of nitrogens with zero attached hydrogens (tertiary/aromatic N) is 2. The van der Waals surface area contributed by atoms with E-state index in [1.54, 1.807) is 0 Å². The number of amides is 2. The van der Waals surface area contributed by atoms with Gasteiger partial charge in [0.25, 0.3) is 0 Å². The van der Waals surface area contributed by atoms with Crippen LogP contribution in [0, 0.1) is 0 Å². The second kappa shape index (κ2) is 3.81. The molecule has 1 unspecified atom stereocenters. The third-order valence-electron chi connectivity index (χ3n) is 2.98. The van der Waals surface area contributed by atoms with E-state index in [0.29, 0.717) is 26.1 Å². The second-order valence-corrected chi connectivity index (χ2v) is 4.09. The van der Waals surface area contributed by atoms with Crippen molar-refractivity contribution in [3.05, 3.63) is 0 Å². The van der Waals surface area contributed by atoms with Crippen LogP contribution in [0.3, 0.4) is 0 Å². The van der Waals surface area contributed by atoms with Crippen molar-refractivity contribution < 1.29 is 9.59 Å². The van der Waals surface area contributed by atoms with E-state index < -0.39 is 0 Å². The van der Waals surface area contributed by atoms with Gasteiger partial charge in [0.2, 0.25) is 11.8 Å².